The van der Waals surface area contributed by atoms with Gasteiger partial charge in [-0.15, -0.1) is 0 Å². The summed E-state index contributed by atoms with van der Waals surface area (Å²) in [7, 11) is 0. The van der Waals surface area contributed by atoms with Crippen molar-refractivity contribution in [3.05, 3.63) is 59.7 Å². The molecule has 0 saturated heterocycles. The summed E-state index contributed by atoms with van der Waals surface area (Å²) in [5, 5.41) is 5.26. The summed E-state index contributed by atoms with van der Waals surface area (Å²) in [5.74, 6) is 0.587. The lowest BCUT2D eigenvalue weighted by Crippen LogP contribution is -2.44. The lowest BCUT2D eigenvalue weighted by molar-refractivity contribution is -0.141. The molecule has 7 nitrogen and oxygen atoms in total. The van der Waals surface area contributed by atoms with Crippen LogP contribution in [0.1, 0.15) is 42.8 Å². The van der Waals surface area contributed by atoms with Gasteiger partial charge < -0.3 is 15.6 Å². The molecule has 1 saturated carbocycles. The number of hydrogen-bond donors (Lipinski definition) is 3. The Labute approximate surface area is 181 Å². The van der Waals surface area contributed by atoms with E-state index in [0.29, 0.717) is 12.0 Å². The summed E-state index contributed by atoms with van der Waals surface area (Å²) < 4.78 is 37.6. The molecule has 3 N–H and O–H groups in total. The molecule has 3 aromatic rings. The van der Waals surface area contributed by atoms with Crippen LogP contribution >= 0.6 is 0 Å². The second-order valence-electron chi connectivity index (χ2n) is 8.00. The summed E-state index contributed by atoms with van der Waals surface area (Å²) in [6.45, 7) is 1.57. The molecule has 4 rings (SSSR count). The molecule has 2 amide bonds. The smallest absolute Gasteiger partial charge is 0.350 e. The van der Waals surface area contributed by atoms with Crippen LogP contribution in [0, 0.1) is 5.92 Å². The zero-order valence-electron chi connectivity index (χ0n) is 17.2. The van der Waals surface area contributed by atoms with Gasteiger partial charge >= 0.3 is 6.18 Å². The zero-order chi connectivity index (χ0) is 22.9. The van der Waals surface area contributed by atoms with E-state index in [2.05, 4.69) is 25.6 Å². The van der Waals surface area contributed by atoms with Gasteiger partial charge in [0, 0.05) is 25.1 Å². The van der Waals surface area contributed by atoms with Gasteiger partial charge in [0.15, 0.2) is 0 Å². The van der Waals surface area contributed by atoms with Crippen molar-refractivity contribution in [3.8, 4) is 0 Å². The van der Waals surface area contributed by atoms with Crippen LogP contribution in [0.3, 0.4) is 0 Å². The van der Waals surface area contributed by atoms with Crippen molar-refractivity contribution >= 4 is 22.8 Å². The lowest BCUT2D eigenvalue weighted by Gasteiger charge is -2.14. The van der Waals surface area contributed by atoms with Crippen LogP contribution in [0.25, 0.3) is 11.0 Å². The van der Waals surface area contributed by atoms with Crippen molar-refractivity contribution in [2.24, 2.45) is 5.92 Å². The fourth-order valence-electron chi connectivity index (χ4n) is 3.60. The first-order valence-corrected chi connectivity index (χ1v) is 10.2. The SMILES string of the molecule is C[C@@H](NC(=O)C[C@@H]1C[C@@H]1c1nc2ccccc2[nH]1)C(=O)NCc1ccc(C(F)(F)F)nc1. The number of nitrogens with zero attached hydrogens (tertiary/aromatic N) is 2. The number of carbonyl (C=O) groups is 2. The minimum Gasteiger partial charge on any atom is -0.350 e. The molecule has 1 aliphatic carbocycles. The molecule has 10 heteroatoms. The maximum atomic E-state index is 12.5. The maximum absolute atomic E-state index is 12.5. The van der Waals surface area contributed by atoms with Gasteiger partial charge in [-0.05, 0) is 43.0 Å². The van der Waals surface area contributed by atoms with Gasteiger partial charge in [-0.3, -0.25) is 14.6 Å². The number of carbonyl (C=O) groups excluding carboxylic acids is 2. The highest BCUT2D eigenvalue weighted by Gasteiger charge is 2.42. The molecule has 0 bridgehead atoms. The predicted molar refractivity (Wildman–Crippen MR) is 110 cm³/mol. The first-order valence-electron chi connectivity index (χ1n) is 10.2. The molecule has 0 aliphatic heterocycles. The standard InChI is InChI=1S/C22H22F3N5O2/c1-12(21(32)27-11-13-6-7-18(26-10-13)22(23,24)25)28-19(31)9-14-8-15(14)20-29-16-4-2-3-5-17(16)30-20/h2-7,10,12,14-15H,8-9,11H2,1H3,(H,27,32)(H,28,31)(H,29,30)/t12-,14+,15+/m1/s1. The third-order valence-corrected chi connectivity index (χ3v) is 5.48. The number of imidazole rings is 1. The summed E-state index contributed by atoms with van der Waals surface area (Å²) in [5.41, 5.74) is 1.29. The Hall–Kier alpha value is -3.43. The predicted octanol–water partition coefficient (Wildman–Crippen LogP) is 3.29. The van der Waals surface area contributed by atoms with E-state index in [4.69, 9.17) is 0 Å². The first kappa shape index (κ1) is 21.8. The van der Waals surface area contributed by atoms with Crippen LogP contribution in [0.5, 0.6) is 0 Å². The Morgan fingerprint density at radius 3 is 2.69 bits per heavy atom. The first-order chi connectivity index (χ1) is 15.2. The van der Waals surface area contributed by atoms with Crippen molar-refractivity contribution in [2.75, 3.05) is 0 Å². The maximum Gasteiger partial charge on any atom is 0.433 e. The molecule has 0 radical (unpaired) electrons. The van der Waals surface area contributed by atoms with Crippen LogP contribution < -0.4 is 10.6 Å². The van der Waals surface area contributed by atoms with Crippen LogP contribution in [-0.4, -0.2) is 32.8 Å². The Morgan fingerprint density at radius 1 is 1.22 bits per heavy atom. The number of alkyl halides is 3. The van der Waals surface area contributed by atoms with E-state index >= 15 is 0 Å². The summed E-state index contributed by atoms with van der Waals surface area (Å²) >= 11 is 0. The number of halogens is 3. The average molecular weight is 445 g/mol. The summed E-state index contributed by atoms with van der Waals surface area (Å²) in [6.07, 6.45) is -2.29. The number of para-hydroxylation sites is 2. The number of amides is 2. The molecular weight excluding hydrogens is 423 g/mol. The van der Waals surface area contributed by atoms with E-state index in [1.807, 2.05) is 24.3 Å². The molecule has 1 aliphatic rings. The van der Waals surface area contributed by atoms with E-state index in [1.54, 1.807) is 6.92 Å². The van der Waals surface area contributed by atoms with E-state index < -0.39 is 23.8 Å². The van der Waals surface area contributed by atoms with Crippen LogP contribution in [0.15, 0.2) is 42.6 Å². The van der Waals surface area contributed by atoms with Gasteiger partial charge in [-0.2, -0.15) is 13.2 Å². The number of aromatic nitrogens is 3. The molecule has 0 unspecified atom stereocenters. The minimum absolute atomic E-state index is 0.0148. The van der Waals surface area contributed by atoms with Crippen molar-refractivity contribution in [3.63, 3.8) is 0 Å². The second-order valence-corrected chi connectivity index (χ2v) is 8.00. The van der Waals surface area contributed by atoms with Crippen molar-refractivity contribution in [1.82, 2.24) is 25.6 Å². The topological polar surface area (TPSA) is 99.8 Å². The number of hydrogen-bond acceptors (Lipinski definition) is 4. The van der Waals surface area contributed by atoms with E-state index in [9.17, 15) is 22.8 Å². The summed E-state index contributed by atoms with van der Waals surface area (Å²) in [4.78, 5) is 35.8. The number of rotatable bonds is 7. The van der Waals surface area contributed by atoms with Crippen LogP contribution in [-0.2, 0) is 22.3 Å². The van der Waals surface area contributed by atoms with E-state index in [0.717, 1.165) is 35.5 Å². The number of aromatic amines is 1. The normalized spacial score (nSPS) is 18.9. The molecule has 1 fully saturated rings. The van der Waals surface area contributed by atoms with E-state index in [1.165, 1.54) is 6.07 Å². The number of pyridine rings is 1. The second kappa shape index (κ2) is 8.60. The van der Waals surface area contributed by atoms with Gasteiger partial charge in [-0.25, -0.2) is 4.98 Å². The Balaban J connectivity index is 1.22. The molecule has 2 aromatic heterocycles. The number of fused-ring (bicyclic) bond motifs is 1. The molecule has 2 heterocycles. The van der Waals surface area contributed by atoms with Crippen LogP contribution in [0.2, 0.25) is 0 Å². The van der Waals surface area contributed by atoms with Crippen LogP contribution in [0.4, 0.5) is 13.2 Å². The molecule has 0 spiro atoms. The van der Waals surface area contributed by atoms with Gasteiger partial charge in [0.25, 0.3) is 0 Å². The lowest BCUT2D eigenvalue weighted by atomic mass is 10.2. The highest BCUT2D eigenvalue weighted by atomic mass is 19.4. The number of nitrogens with one attached hydrogen (secondary N) is 3. The zero-order valence-corrected chi connectivity index (χ0v) is 17.2. The quantitative estimate of drug-likeness (QED) is 0.520. The molecule has 32 heavy (non-hydrogen) atoms. The van der Waals surface area contributed by atoms with Crippen molar-refractivity contribution < 1.29 is 22.8 Å². The average Bonchev–Trinajstić information content (AvgIpc) is 3.37. The molecule has 168 valence electrons. The largest absolute Gasteiger partial charge is 0.433 e. The fraction of sp³-hybridized carbons (Fsp3) is 0.364. The minimum atomic E-state index is -4.51. The van der Waals surface area contributed by atoms with Crippen molar-refractivity contribution in [1.29, 1.82) is 0 Å². The van der Waals surface area contributed by atoms with Gasteiger partial charge in [0.1, 0.15) is 17.6 Å². The Kier molecular flexibility index (Phi) is 5.86. The monoisotopic (exact) mass is 445 g/mol. The van der Waals surface area contributed by atoms with E-state index in [-0.39, 0.29) is 24.3 Å². The number of benzene rings is 1. The van der Waals surface area contributed by atoms with Gasteiger partial charge in [0.05, 0.1) is 11.0 Å². The summed E-state index contributed by atoms with van der Waals surface area (Å²) in [6, 6.07) is 9.09. The van der Waals surface area contributed by atoms with Crippen molar-refractivity contribution in [2.45, 2.75) is 44.4 Å². The Morgan fingerprint density at radius 2 is 2.00 bits per heavy atom. The highest BCUT2D eigenvalue weighted by Crippen LogP contribution is 2.48. The highest BCUT2D eigenvalue weighted by molar-refractivity contribution is 5.87. The Bertz CT molecular complexity index is 1090. The molecule has 1 aromatic carbocycles. The van der Waals surface area contributed by atoms with Gasteiger partial charge in [0.2, 0.25) is 11.8 Å². The third-order valence-electron chi connectivity index (χ3n) is 5.48. The third kappa shape index (κ3) is 5.06. The van der Waals surface area contributed by atoms with Gasteiger partial charge in [-0.1, -0.05) is 18.2 Å². The fourth-order valence-corrected chi connectivity index (χ4v) is 3.60. The number of H-pyrrole nitrogens is 1. The molecular formula is C22H22F3N5O2. The molecule has 3 atom stereocenters.